The Morgan fingerprint density at radius 3 is 2.79 bits per heavy atom. The summed E-state index contributed by atoms with van der Waals surface area (Å²) in [5.74, 6) is -0.272. The smallest absolute Gasteiger partial charge is 0.338 e. The number of halogens is 1. The lowest BCUT2D eigenvalue weighted by atomic mass is 10.2. The van der Waals surface area contributed by atoms with Gasteiger partial charge in [0.1, 0.15) is 11.5 Å². The number of hydrogen-bond donors (Lipinski definition) is 0. The molecule has 7 nitrogen and oxygen atoms in total. The lowest BCUT2D eigenvalue weighted by Crippen LogP contribution is -2.25. The summed E-state index contributed by atoms with van der Waals surface area (Å²) in [5.41, 5.74) is 2.51. The Balaban J connectivity index is 1.89. The standard InChI is InChI=1S/C20H22FN5O2/c1-4-25(16-8-6-7-15(12-16)20(27)28-5-2)13-19-22-23-24-26(19)18-11-14(3)9-10-17(18)21/h6-12H,4-5,13H2,1-3H3. The number of ether oxygens (including phenoxy) is 1. The molecule has 0 N–H and O–H groups in total. The fourth-order valence-corrected chi connectivity index (χ4v) is 2.88. The third kappa shape index (κ3) is 4.16. The largest absolute Gasteiger partial charge is 0.462 e. The van der Waals surface area contributed by atoms with Gasteiger partial charge >= 0.3 is 5.97 Å². The molecule has 0 unspecified atom stereocenters. The average molecular weight is 383 g/mol. The summed E-state index contributed by atoms with van der Waals surface area (Å²) < 4.78 is 20.8. The van der Waals surface area contributed by atoms with Gasteiger partial charge in [-0.15, -0.1) is 5.10 Å². The molecule has 3 aromatic rings. The molecule has 28 heavy (non-hydrogen) atoms. The number of nitrogens with zero attached hydrogens (tertiary/aromatic N) is 5. The number of carbonyl (C=O) groups is 1. The molecule has 0 amide bonds. The monoisotopic (exact) mass is 383 g/mol. The average Bonchev–Trinajstić information content (AvgIpc) is 3.16. The number of rotatable bonds is 7. The topological polar surface area (TPSA) is 73.1 Å². The van der Waals surface area contributed by atoms with Crippen molar-refractivity contribution in [2.45, 2.75) is 27.3 Å². The highest BCUT2D eigenvalue weighted by atomic mass is 19.1. The SMILES string of the molecule is CCOC(=O)c1cccc(N(CC)Cc2nnnn2-c2cc(C)ccc2F)c1. The molecule has 0 atom stereocenters. The first-order chi connectivity index (χ1) is 13.5. The Kier molecular flexibility index (Phi) is 5.98. The fraction of sp³-hybridized carbons (Fsp3) is 0.300. The highest BCUT2D eigenvalue weighted by Crippen LogP contribution is 2.21. The van der Waals surface area contributed by atoms with Crippen LogP contribution in [0.4, 0.5) is 10.1 Å². The van der Waals surface area contributed by atoms with Crippen LogP contribution in [0.25, 0.3) is 5.69 Å². The summed E-state index contributed by atoms with van der Waals surface area (Å²) in [4.78, 5) is 14.0. The lowest BCUT2D eigenvalue weighted by molar-refractivity contribution is 0.0526. The highest BCUT2D eigenvalue weighted by Gasteiger charge is 2.17. The van der Waals surface area contributed by atoms with E-state index in [-0.39, 0.29) is 5.97 Å². The molecule has 0 saturated heterocycles. The van der Waals surface area contributed by atoms with Crippen LogP contribution < -0.4 is 4.90 Å². The molecule has 1 aromatic heterocycles. The third-order valence-electron chi connectivity index (χ3n) is 4.30. The van der Waals surface area contributed by atoms with E-state index in [0.717, 1.165) is 11.3 Å². The molecule has 0 aliphatic carbocycles. The molecule has 3 rings (SSSR count). The van der Waals surface area contributed by atoms with Gasteiger partial charge in [0.05, 0.1) is 18.7 Å². The molecule has 0 fully saturated rings. The number of hydrogen-bond acceptors (Lipinski definition) is 6. The van der Waals surface area contributed by atoms with Crippen molar-refractivity contribution in [1.29, 1.82) is 0 Å². The van der Waals surface area contributed by atoms with E-state index in [1.807, 2.05) is 24.8 Å². The van der Waals surface area contributed by atoms with Gasteiger partial charge in [-0.05, 0) is 67.1 Å². The highest BCUT2D eigenvalue weighted by molar-refractivity contribution is 5.90. The zero-order chi connectivity index (χ0) is 20.1. The van der Waals surface area contributed by atoms with Crippen LogP contribution in [0.2, 0.25) is 0 Å². The molecule has 0 radical (unpaired) electrons. The predicted octanol–water partition coefficient (Wildman–Crippen LogP) is 3.31. The van der Waals surface area contributed by atoms with E-state index >= 15 is 0 Å². The summed E-state index contributed by atoms with van der Waals surface area (Å²) in [5, 5.41) is 11.7. The van der Waals surface area contributed by atoms with Gasteiger partial charge in [0.15, 0.2) is 5.82 Å². The Labute approximate surface area is 162 Å². The zero-order valence-electron chi connectivity index (χ0n) is 16.1. The quantitative estimate of drug-likeness (QED) is 0.583. The van der Waals surface area contributed by atoms with E-state index in [1.165, 1.54) is 10.7 Å². The van der Waals surface area contributed by atoms with Gasteiger partial charge < -0.3 is 9.64 Å². The number of aryl methyl sites for hydroxylation is 1. The van der Waals surface area contributed by atoms with Crippen molar-refractivity contribution in [3.63, 3.8) is 0 Å². The molecule has 1 heterocycles. The van der Waals surface area contributed by atoms with Gasteiger partial charge in [-0.3, -0.25) is 0 Å². The van der Waals surface area contributed by atoms with Crippen LogP contribution in [0.1, 0.15) is 35.6 Å². The summed E-state index contributed by atoms with van der Waals surface area (Å²) in [6.07, 6.45) is 0. The van der Waals surface area contributed by atoms with Crippen LogP contribution in [0.3, 0.4) is 0 Å². The van der Waals surface area contributed by atoms with Crippen molar-refractivity contribution >= 4 is 11.7 Å². The van der Waals surface area contributed by atoms with Crippen LogP contribution in [0.15, 0.2) is 42.5 Å². The second-order valence-electron chi connectivity index (χ2n) is 6.25. The van der Waals surface area contributed by atoms with E-state index < -0.39 is 5.82 Å². The Morgan fingerprint density at radius 2 is 2.04 bits per heavy atom. The minimum absolute atomic E-state index is 0.302. The van der Waals surface area contributed by atoms with Gasteiger partial charge in [0.25, 0.3) is 0 Å². The molecule has 146 valence electrons. The minimum Gasteiger partial charge on any atom is -0.462 e. The van der Waals surface area contributed by atoms with E-state index in [9.17, 15) is 9.18 Å². The fourth-order valence-electron chi connectivity index (χ4n) is 2.88. The second-order valence-corrected chi connectivity index (χ2v) is 6.25. The summed E-state index contributed by atoms with van der Waals surface area (Å²) in [7, 11) is 0. The van der Waals surface area contributed by atoms with Gasteiger partial charge in [0.2, 0.25) is 0 Å². The van der Waals surface area contributed by atoms with Crippen molar-refractivity contribution < 1.29 is 13.9 Å². The Bertz CT molecular complexity index is 973. The van der Waals surface area contributed by atoms with Crippen molar-refractivity contribution in [2.24, 2.45) is 0 Å². The van der Waals surface area contributed by atoms with Gasteiger partial charge in [-0.25, -0.2) is 9.18 Å². The molecule has 0 aliphatic heterocycles. The number of aromatic nitrogens is 4. The van der Waals surface area contributed by atoms with E-state index in [1.54, 1.807) is 37.3 Å². The molecule has 0 spiro atoms. The van der Waals surface area contributed by atoms with Crippen LogP contribution in [-0.2, 0) is 11.3 Å². The first-order valence-corrected chi connectivity index (χ1v) is 9.09. The predicted molar refractivity (Wildman–Crippen MR) is 103 cm³/mol. The molecule has 0 bridgehead atoms. The molecule has 0 aliphatic rings. The Hall–Kier alpha value is -3.29. The van der Waals surface area contributed by atoms with Crippen molar-refractivity contribution in [3.8, 4) is 5.69 Å². The summed E-state index contributed by atoms with van der Waals surface area (Å²) in [6.45, 7) is 6.95. The Morgan fingerprint density at radius 1 is 1.21 bits per heavy atom. The summed E-state index contributed by atoms with van der Waals surface area (Å²) >= 11 is 0. The molecular formula is C20H22FN5O2. The first-order valence-electron chi connectivity index (χ1n) is 9.09. The molecule has 2 aromatic carbocycles. The molecule has 0 saturated carbocycles. The first kappa shape index (κ1) is 19.5. The maximum absolute atomic E-state index is 14.3. The normalized spacial score (nSPS) is 10.7. The van der Waals surface area contributed by atoms with E-state index in [0.29, 0.717) is 36.8 Å². The minimum atomic E-state index is -0.397. The van der Waals surface area contributed by atoms with Crippen molar-refractivity contribution in [1.82, 2.24) is 20.2 Å². The molecular weight excluding hydrogens is 361 g/mol. The number of esters is 1. The summed E-state index contributed by atoms with van der Waals surface area (Å²) in [6, 6.07) is 12.0. The van der Waals surface area contributed by atoms with Crippen LogP contribution in [0, 0.1) is 12.7 Å². The number of anilines is 1. The van der Waals surface area contributed by atoms with Crippen LogP contribution >= 0.6 is 0 Å². The molecule has 8 heteroatoms. The van der Waals surface area contributed by atoms with Crippen LogP contribution in [0.5, 0.6) is 0 Å². The van der Waals surface area contributed by atoms with Gasteiger partial charge in [-0.2, -0.15) is 4.68 Å². The number of benzene rings is 2. The zero-order valence-corrected chi connectivity index (χ0v) is 16.1. The second kappa shape index (κ2) is 8.60. The number of tetrazole rings is 1. The van der Waals surface area contributed by atoms with Gasteiger partial charge in [0, 0.05) is 12.2 Å². The lowest BCUT2D eigenvalue weighted by Gasteiger charge is -2.23. The maximum Gasteiger partial charge on any atom is 0.338 e. The third-order valence-corrected chi connectivity index (χ3v) is 4.30. The van der Waals surface area contributed by atoms with Crippen molar-refractivity contribution in [2.75, 3.05) is 18.1 Å². The van der Waals surface area contributed by atoms with Gasteiger partial charge in [-0.1, -0.05) is 12.1 Å². The van der Waals surface area contributed by atoms with Crippen LogP contribution in [-0.4, -0.2) is 39.3 Å². The maximum atomic E-state index is 14.3. The van der Waals surface area contributed by atoms with E-state index in [2.05, 4.69) is 15.5 Å². The van der Waals surface area contributed by atoms with Crippen molar-refractivity contribution in [3.05, 3.63) is 65.2 Å². The number of carbonyl (C=O) groups excluding carboxylic acids is 1. The van der Waals surface area contributed by atoms with E-state index in [4.69, 9.17) is 4.74 Å².